The highest BCUT2D eigenvalue weighted by Crippen LogP contribution is 2.31. The first-order chi connectivity index (χ1) is 14.8. The molecule has 5 rings (SSSR count). The Hall–Kier alpha value is -2.83. The van der Waals surface area contributed by atoms with E-state index in [9.17, 15) is 0 Å². The lowest BCUT2D eigenvalue weighted by atomic mass is 9.94. The summed E-state index contributed by atoms with van der Waals surface area (Å²) in [5.74, 6) is 2.31. The van der Waals surface area contributed by atoms with Crippen molar-refractivity contribution in [2.24, 2.45) is 0 Å². The van der Waals surface area contributed by atoms with Crippen LogP contribution in [0.2, 0.25) is 0 Å². The minimum absolute atomic E-state index is 0.660. The van der Waals surface area contributed by atoms with E-state index in [1.807, 2.05) is 48.7 Å². The lowest BCUT2D eigenvalue weighted by molar-refractivity contribution is 0.172. The highest BCUT2D eigenvalue weighted by molar-refractivity contribution is 7.20. The van der Waals surface area contributed by atoms with Gasteiger partial charge in [-0.15, -0.1) is 0 Å². The number of hydrogen-bond donors (Lipinski definition) is 1. The number of rotatable bonds is 7. The molecule has 6 heteroatoms. The first kappa shape index (κ1) is 19.2. The highest BCUT2D eigenvalue weighted by atomic mass is 32.1. The van der Waals surface area contributed by atoms with Gasteiger partial charge in [0.05, 0.1) is 10.2 Å². The fourth-order valence-corrected chi connectivity index (χ4v) is 4.79. The van der Waals surface area contributed by atoms with Crippen LogP contribution in [0, 0.1) is 0 Å². The Morgan fingerprint density at radius 1 is 0.967 bits per heavy atom. The average molecular weight is 420 g/mol. The molecule has 0 atom stereocenters. The van der Waals surface area contributed by atoms with Crippen LogP contribution in [-0.2, 0) is 0 Å². The van der Waals surface area contributed by atoms with Gasteiger partial charge in [0.1, 0.15) is 18.1 Å². The third kappa shape index (κ3) is 4.50. The third-order valence-electron chi connectivity index (χ3n) is 5.63. The fraction of sp³-hybridized carbons (Fsp3) is 0.292. The predicted molar refractivity (Wildman–Crippen MR) is 121 cm³/mol. The van der Waals surface area contributed by atoms with Crippen molar-refractivity contribution in [2.75, 3.05) is 26.2 Å². The Labute approximate surface area is 180 Å². The van der Waals surface area contributed by atoms with Gasteiger partial charge in [-0.2, -0.15) is 0 Å². The number of nitrogens with zero attached hydrogens (tertiary/aromatic N) is 2. The maximum Gasteiger partial charge on any atom is 0.279 e. The van der Waals surface area contributed by atoms with E-state index in [1.165, 1.54) is 18.5 Å². The van der Waals surface area contributed by atoms with Crippen molar-refractivity contribution in [3.05, 3.63) is 72.6 Å². The quantitative estimate of drug-likeness (QED) is 0.419. The van der Waals surface area contributed by atoms with Gasteiger partial charge in [-0.05, 0) is 74.5 Å². The van der Waals surface area contributed by atoms with Crippen LogP contribution in [0.1, 0.15) is 24.5 Å². The van der Waals surface area contributed by atoms with Gasteiger partial charge in [-0.1, -0.05) is 23.5 Å². The molecule has 0 radical (unpaired) electrons. The van der Waals surface area contributed by atoms with E-state index in [-0.39, 0.29) is 0 Å². The second kappa shape index (κ2) is 8.90. The molecule has 0 bridgehead atoms. The van der Waals surface area contributed by atoms with Gasteiger partial charge in [-0.25, -0.2) is 4.98 Å². The Balaban J connectivity index is 1.07. The molecule has 1 saturated heterocycles. The maximum absolute atomic E-state index is 5.94. The van der Waals surface area contributed by atoms with E-state index in [1.54, 1.807) is 11.3 Å². The molecule has 0 spiro atoms. The zero-order chi connectivity index (χ0) is 20.2. The molecule has 0 amide bonds. The molecule has 0 aliphatic carbocycles. The molecule has 0 saturated carbocycles. The molecule has 5 nitrogen and oxygen atoms in total. The molecule has 30 heavy (non-hydrogen) atoms. The second-order valence-electron chi connectivity index (χ2n) is 7.61. The molecule has 2 aromatic carbocycles. The molecular weight excluding hydrogens is 394 g/mol. The highest BCUT2D eigenvalue weighted by Gasteiger charge is 2.20. The van der Waals surface area contributed by atoms with Crippen LogP contribution < -0.4 is 9.47 Å². The van der Waals surface area contributed by atoms with E-state index < -0.39 is 0 Å². The van der Waals surface area contributed by atoms with Gasteiger partial charge < -0.3 is 14.5 Å². The monoisotopic (exact) mass is 419 g/mol. The van der Waals surface area contributed by atoms with E-state index in [0.717, 1.165) is 41.3 Å². The minimum atomic E-state index is 0.660. The van der Waals surface area contributed by atoms with Crippen LogP contribution in [0.5, 0.6) is 16.7 Å². The molecule has 154 valence electrons. The van der Waals surface area contributed by atoms with Gasteiger partial charge >= 0.3 is 0 Å². The van der Waals surface area contributed by atoms with Crippen LogP contribution in [0.4, 0.5) is 0 Å². The zero-order valence-corrected chi connectivity index (χ0v) is 17.6. The summed E-state index contributed by atoms with van der Waals surface area (Å²) in [7, 11) is 0. The molecular formula is C24H25N3O2S. The third-order valence-corrected chi connectivity index (χ3v) is 6.54. The summed E-state index contributed by atoms with van der Waals surface area (Å²) in [5, 5.41) is 0.660. The van der Waals surface area contributed by atoms with Crippen LogP contribution in [0.3, 0.4) is 0 Å². The number of fused-ring (bicyclic) bond motifs is 1. The van der Waals surface area contributed by atoms with E-state index in [0.29, 0.717) is 17.7 Å². The average Bonchev–Trinajstić information content (AvgIpc) is 3.45. The lowest BCUT2D eigenvalue weighted by Crippen LogP contribution is -2.35. The van der Waals surface area contributed by atoms with Crippen molar-refractivity contribution in [2.45, 2.75) is 18.8 Å². The first-order valence-electron chi connectivity index (χ1n) is 10.5. The number of aromatic nitrogens is 2. The number of nitrogens with one attached hydrogen (secondary N) is 1. The Bertz CT molecular complexity index is 1030. The standard InChI is InChI=1S/C24H25N3O2S/c1-2-6-23-22(4-1)26-24(30-23)29-20-9-7-19(8-10-20)28-17-16-27-14-11-18(12-15-27)21-5-3-13-25-21/h1-10,13,18,25H,11-12,14-17H2. The number of para-hydroxylation sites is 1. The molecule has 1 aliphatic rings. The minimum Gasteiger partial charge on any atom is -0.492 e. The normalized spacial score (nSPS) is 15.5. The molecule has 1 fully saturated rings. The van der Waals surface area contributed by atoms with E-state index >= 15 is 0 Å². The number of thiazole rings is 1. The van der Waals surface area contributed by atoms with Crippen LogP contribution >= 0.6 is 11.3 Å². The second-order valence-corrected chi connectivity index (χ2v) is 8.60. The van der Waals surface area contributed by atoms with Crippen molar-refractivity contribution in [3.8, 4) is 16.7 Å². The molecule has 0 unspecified atom stereocenters. The van der Waals surface area contributed by atoms with Crippen LogP contribution in [0.15, 0.2) is 66.9 Å². The Morgan fingerprint density at radius 3 is 2.53 bits per heavy atom. The van der Waals surface area contributed by atoms with Gasteiger partial charge in [0.25, 0.3) is 5.19 Å². The fourth-order valence-electron chi connectivity index (χ4n) is 3.96. The summed E-state index contributed by atoms with van der Waals surface area (Å²) in [6, 6.07) is 20.1. The Kier molecular flexibility index (Phi) is 5.68. The number of H-pyrrole nitrogens is 1. The largest absolute Gasteiger partial charge is 0.492 e. The van der Waals surface area contributed by atoms with Crippen molar-refractivity contribution < 1.29 is 9.47 Å². The van der Waals surface area contributed by atoms with Crippen molar-refractivity contribution in [3.63, 3.8) is 0 Å². The molecule has 1 N–H and O–H groups in total. The SMILES string of the molecule is c1c[nH]c(C2CCN(CCOc3ccc(Oc4nc5ccccc5s4)cc3)CC2)c1. The van der Waals surface area contributed by atoms with E-state index in [4.69, 9.17) is 9.47 Å². The molecule has 3 heterocycles. The van der Waals surface area contributed by atoms with E-state index in [2.05, 4.69) is 33.1 Å². The summed E-state index contributed by atoms with van der Waals surface area (Å²) in [5.41, 5.74) is 2.34. The molecule has 1 aliphatic heterocycles. The number of piperidine rings is 1. The smallest absolute Gasteiger partial charge is 0.279 e. The maximum atomic E-state index is 5.94. The summed E-state index contributed by atoms with van der Waals surface area (Å²) in [6.45, 7) is 3.91. The number of benzene rings is 2. The first-order valence-corrected chi connectivity index (χ1v) is 11.3. The van der Waals surface area contributed by atoms with Gasteiger partial charge in [0, 0.05) is 24.4 Å². The topological polar surface area (TPSA) is 50.4 Å². The van der Waals surface area contributed by atoms with Crippen LogP contribution in [0.25, 0.3) is 10.2 Å². The number of hydrogen-bond acceptors (Lipinski definition) is 5. The van der Waals surface area contributed by atoms with Gasteiger partial charge in [0.2, 0.25) is 0 Å². The predicted octanol–water partition coefficient (Wildman–Crippen LogP) is 5.68. The zero-order valence-electron chi connectivity index (χ0n) is 16.8. The summed E-state index contributed by atoms with van der Waals surface area (Å²) < 4.78 is 13.0. The lowest BCUT2D eigenvalue weighted by Gasteiger charge is -2.31. The number of aromatic amines is 1. The molecule has 2 aromatic heterocycles. The summed E-state index contributed by atoms with van der Waals surface area (Å²) >= 11 is 1.55. The van der Waals surface area contributed by atoms with Gasteiger partial charge in [0.15, 0.2) is 0 Å². The number of likely N-dealkylation sites (tertiary alicyclic amines) is 1. The summed E-state index contributed by atoms with van der Waals surface area (Å²) in [4.78, 5) is 10.4. The number of ether oxygens (including phenoxy) is 2. The van der Waals surface area contributed by atoms with Crippen molar-refractivity contribution in [1.82, 2.24) is 14.9 Å². The van der Waals surface area contributed by atoms with Crippen LogP contribution in [-0.4, -0.2) is 41.1 Å². The van der Waals surface area contributed by atoms with Gasteiger partial charge in [-0.3, -0.25) is 4.90 Å². The summed E-state index contributed by atoms with van der Waals surface area (Å²) in [6.07, 6.45) is 4.43. The van der Waals surface area contributed by atoms with Crippen molar-refractivity contribution in [1.29, 1.82) is 0 Å². The Morgan fingerprint density at radius 2 is 1.77 bits per heavy atom. The van der Waals surface area contributed by atoms with Crippen molar-refractivity contribution >= 4 is 21.6 Å². The molecule has 4 aromatic rings.